The maximum Gasteiger partial charge on any atom is 0.0701 e. The van der Waals surface area contributed by atoms with Crippen molar-refractivity contribution in [3.63, 3.8) is 0 Å². The first kappa shape index (κ1) is 13.1. The first-order valence-corrected chi connectivity index (χ1v) is 8.84. The van der Waals surface area contributed by atoms with Gasteiger partial charge in [-0.05, 0) is 72.0 Å². The molecule has 1 N–H and O–H groups in total. The Hall–Kier alpha value is 0.140. The van der Waals surface area contributed by atoms with Gasteiger partial charge in [-0.25, -0.2) is 0 Å². The van der Waals surface area contributed by atoms with Gasteiger partial charge in [0.05, 0.1) is 3.79 Å². The molecular weight excluding hydrogens is 306 g/mol. The summed E-state index contributed by atoms with van der Waals surface area (Å²) in [7, 11) is 0. The third-order valence-corrected chi connectivity index (χ3v) is 6.53. The summed E-state index contributed by atoms with van der Waals surface area (Å²) >= 11 is 5.38. The summed E-state index contributed by atoms with van der Waals surface area (Å²) in [6, 6.07) is 5.14. The van der Waals surface area contributed by atoms with E-state index in [1.165, 1.54) is 60.0 Å². The van der Waals surface area contributed by atoms with Crippen molar-refractivity contribution >= 4 is 27.3 Å². The molecule has 2 aliphatic rings. The molecule has 1 heterocycles. The monoisotopic (exact) mass is 327 g/mol. The van der Waals surface area contributed by atoms with Gasteiger partial charge in [-0.2, -0.15) is 0 Å². The molecule has 0 radical (unpaired) electrons. The van der Waals surface area contributed by atoms with E-state index in [4.69, 9.17) is 0 Å². The van der Waals surface area contributed by atoms with Crippen LogP contribution < -0.4 is 5.32 Å². The predicted octanol–water partition coefficient (Wildman–Crippen LogP) is 5.10. The van der Waals surface area contributed by atoms with E-state index in [-0.39, 0.29) is 0 Å². The zero-order valence-corrected chi connectivity index (χ0v) is 13.3. The topological polar surface area (TPSA) is 12.0 Å². The Morgan fingerprint density at radius 1 is 1.17 bits per heavy atom. The fourth-order valence-corrected chi connectivity index (χ4v) is 5.19. The summed E-state index contributed by atoms with van der Waals surface area (Å²) in [5.74, 6) is 0. The van der Waals surface area contributed by atoms with E-state index in [0.29, 0.717) is 0 Å². The van der Waals surface area contributed by atoms with Crippen LogP contribution in [0, 0.1) is 5.41 Å². The molecule has 100 valence electrons. The van der Waals surface area contributed by atoms with Gasteiger partial charge in [0.25, 0.3) is 0 Å². The van der Waals surface area contributed by atoms with Crippen molar-refractivity contribution in [2.75, 3.05) is 0 Å². The Labute approximate surface area is 122 Å². The summed E-state index contributed by atoms with van der Waals surface area (Å²) < 4.78 is 1.24. The molecule has 1 aromatic rings. The molecule has 1 nitrogen and oxygen atoms in total. The molecule has 0 aromatic carbocycles. The molecule has 0 saturated heterocycles. The van der Waals surface area contributed by atoms with Crippen molar-refractivity contribution in [1.82, 2.24) is 5.32 Å². The molecule has 0 amide bonds. The minimum Gasteiger partial charge on any atom is -0.309 e. The van der Waals surface area contributed by atoms with E-state index in [9.17, 15) is 0 Å². The summed E-state index contributed by atoms with van der Waals surface area (Å²) in [5.41, 5.74) is 0.768. The Kier molecular flexibility index (Phi) is 4.12. The standard InChI is InChI=1S/C15H22BrNS/c16-14-4-3-13(18-14)11-17-12-5-9-15(10-6-12)7-1-2-8-15/h3-4,12,17H,1-2,5-11H2. The summed E-state index contributed by atoms with van der Waals surface area (Å²) in [5, 5.41) is 3.75. The second kappa shape index (κ2) is 5.64. The highest BCUT2D eigenvalue weighted by molar-refractivity contribution is 9.11. The molecule has 18 heavy (non-hydrogen) atoms. The molecule has 3 rings (SSSR count). The number of hydrogen-bond donors (Lipinski definition) is 1. The molecular formula is C15H22BrNS. The molecule has 1 spiro atoms. The average Bonchev–Trinajstić information content (AvgIpc) is 2.99. The van der Waals surface area contributed by atoms with Gasteiger partial charge in [-0.3, -0.25) is 0 Å². The van der Waals surface area contributed by atoms with Crippen molar-refractivity contribution in [1.29, 1.82) is 0 Å². The van der Waals surface area contributed by atoms with Gasteiger partial charge < -0.3 is 5.32 Å². The molecule has 0 unspecified atom stereocenters. The molecule has 0 aliphatic heterocycles. The van der Waals surface area contributed by atoms with E-state index < -0.39 is 0 Å². The maximum atomic E-state index is 3.75. The van der Waals surface area contributed by atoms with Crippen LogP contribution in [0.25, 0.3) is 0 Å². The molecule has 2 aliphatic carbocycles. The van der Waals surface area contributed by atoms with Crippen molar-refractivity contribution in [3.8, 4) is 0 Å². The van der Waals surface area contributed by atoms with Crippen LogP contribution in [0.5, 0.6) is 0 Å². The van der Waals surface area contributed by atoms with Crippen molar-refractivity contribution in [2.45, 2.75) is 64.0 Å². The summed E-state index contributed by atoms with van der Waals surface area (Å²) in [6.07, 6.45) is 11.7. The number of nitrogens with one attached hydrogen (secondary N) is 1. The largest absolute Gasteiger partial charge is 0.309 e. The number of hydrogen-bond acceptors (Lipinski definition) is 2. The Bertz CT molecular complexity index is 385. The first-order valence-electron chi connectivity index (χ1n) is 7.23. The average molecular weight is 328 g/mol. The smallest absolute Gasteiger partial charge is 0.0701 e. The minimum atomic E-state index is 0.761. The van der Waals surface area contributed by atoms with Gasteiger partial charge >= 0.3 is 0 Å². The molecule has 0 atom stereocenters. The number of thiophene rings is 1. The maximum absolute atomic E-state index is 3.75. The second-order valence-electron chi connectivity index (χ2n) is 6.07. The lowest BCUT2D eigenvalue weighted by molar-refractivity contribution is 0.168. The van der Waals surface area contributed by atoms with Crippen LogP contribution in [0.15, 0.2) is 15.9 Å². The molecule has 2 fully saturated rings. The Morgan fingerprint density at radius 3 is 2.50 bits per heavy atom. The molecule has 1 aromatic heterocycles. The zero-order chi connectivity index (χ0) is 12.4. The first-order chi connectivity index (χ1) is 8.76. The lowest BCUT2D eigenvalue weighted by Gasteiger charge is -2.37. The zero-order valence-electron chi connectivity index (χ0n) is 10.9. The Balaban J connectivity index is 1.45. The van der Waals surface area contributed by atoms with Crippen LogP contribution >= 0.6 is 27.3 Å². The van der Waals surface area contributed by atoms with Crippen LogP contribution in [0.4, 0.5) is 0 Å². The fourth-order valence-electron chi connectivity index (χ4n) is 3.75. The molecule has 0 bridgehead atoms. The van der Waals surface area contributed by atoms with Gasteiger partial charge in [0.15, 0.2) is 0 Å². The lowest BCUT2D eigenvalue weighted by Crippen LogP contribution is -2.36. The molecule has 2 saturated carbocycles. The van der Waals surface area contributed by atoms with Crippen LogP contribution in [0.1, 0.15) is 56.2 Å². The van der Waals surface area contributed by atoms with E-state index >= 15 is 0 Å². The third kappa shape index (κ3) is 3.00. The van der Waals surface area contributed by atoms with Gasteiger partial charge in [0.2, 0.25) is 0 Å². The summed E-state index contributed by atoms with van der Waals surface area (Å²) in [6.45, 7) is 1.05. The number of rotatable bonds is 3. The van der Waals surface area contributed by atoms with Crippen LogP contribution in [0.2, 0.25) is 0 Å². The highest BCUT2D eigenvalue weighted by Crippen LogP contribution is 2.48. The van der Waals surface area contributed by atoms with E-state index in [0.717, 1.165) is 18.0 Å². The highest BCUT2D eigenvalue weighted by Gasteiger charge is 2.37. The lowest BCUT2D eigenvalue weighted by atomic mass is 9.71. The third-order valence-electron chi connectivity index (χ3n) is 4.90. The van der Waals surface area contributed by atoms with Crippen molar-refractivity contribution in [2.24, 2.45) is 5.41 Å². The van der Waals surface area contributed by atoms with Crippen molar-refractivity contribution in [3.05, 3.63) is 20.8 Å². The van der Waals surface area contributed by atoms with Crippen LogP contribution in [-0.4, -0.2) is 6.04 Å². The quantitative estimate of drug-likeness (QED) is 0.814. The number of halogens is 1. The van der Waals surface area contributed by atoms with Gasteiger partial charge in [-0.1, -0.05) is 12.8 Å². The SMILES string of the molecule is Brc1ccc(CNC2CCC3(CCCC3)CC2)s1. The normalized spacial score (nSPS) is 23.8. The van der Waals surface area contributed by atoms with E-state index in [1.54, 1.807) is 0 Å². The fraction of sp³-hybridized carbons (Fsp3) is 0.733. The van der Waals surface area contributed by atoms with Crippen LogP contribution in [-0.2, 0) is 6.54 Å². The van der Waals surface area contributed by atoms with E-state index in [1.807, 2.05) is 11.3 Å². The molecule has 3 heteroatoms. The highest BCUT2D eigenvalue weighted by atomic mass is 79.9. The van der Waals surface area contributed by atoms with Crippen LogP contribution in [0.3, 0.4) is 0 Å². The van der Waals surface area contributed by atoms with Gasteiger partial charge in [0.1, 0.15) is 0 Å². The van der Waals surface area contributed by atoms with Gasteiger partial charge in [0, 0.05) is 17.5 Å². The van der Waals surface area contributed by atoms with Gasteiger partial charge in [-0.15, -0.1) is 11.3 Å². The predicted molar refractivity (Wildman–Crippen MR) is 82.0 cm³/mol. The second-order valence-corrected chi connectivity index (χ2v) is 8.62. The Morgan fingerprint density at radius 2 is 1.89 bits per heavy atom. The minimum absolute atomic E-state index is 0.761. The summed E-state index contributed by atoms with van der Waals surface area (Å²) in [4.78, 5) is 1.45. The van der Waals surface area contributed by atoms with Crippen molar-refractivity contribution < 1.29 is 0 Å². The van der Waals surface area contributed by atoms with E-state index in [2.05, 4.69) is 33.4 Å².